The second-order valence-electron chi connectivity index (χ2n) is 4.67. The molecule has 0 aliphatic carbocycles. The zero-order valence-corrected chi connectivity index (χ0v) is 10.9. The van der Waals surface area contributed by atoms with Crippen molar-refractivity contribution >= 4 is 16.9 Å². The van der Waals surface area contributed by atoms with E-state index in [1.807, 2.05) is 0 Å². The van der Waals surface area contributed by atoms with E-state index in [0.29, 0.717) is 6.42 Å². The van der Waals surface area contributed by atoms with Crippen molar-refractivity contribution in [1.82, 2.24) is 4.98 Å². The van der Waals surface area contributed by atoms with Crippen molar-refractivity contribution in [3.05, 3.63) is 35.0 Å². The largest absolute Gasteiger partial charge is 0.481 e. The van der Waals surface area contributed by atoms with Crippen molar-refractivity contribution in [2.24, 2.45) is 0 Å². The number of rotatable bonds is 5. The van der Waals surface area contributed by atoms with E-state index in [1.54, 1.807) is 0 Å². The minimum absolute atomic E-state index is 0.236. The van der Waals surface area contributed by atoms with E-state index in [0.717, 1.165) is 18.5 Å². The van der Waals surface area contributed by atoms with Crippen LogP contribution in [0.3, 0.4) is 0 Å². The SMILES string of the molecule is CCc1cccc2c(CCCC(=O)O)c(C)[nH]c12. The number of hydrogen-bond acceptors (Lipinski definition) is 1. The van der Waals surface area contributed by atoms with Crippen LogP contribution in [0.15, 0.2) is 18.2 Å². The number of H-pyrrole nitrogens is 1. The summed E-state index contributed by atoms with van der Waals surface area (Å²) in [6.45, 7) is 4.21. The number of fused-ring (bicyclic) bond motifs is 1. The summed E-state index contributed by atoms with van der Waals surface area (Å²) >= 11 is 0. The van der Waals surface area contributed by atoms with Crippen molar-refractivity contribution in [2.75, 3.05) is 0 Å². The van der Waals surface area contributed by atoms with Crippen LogP contribution in [0.25, 0.3) is 10.9 Å². The van der Waals surface area contributed by atoms with Gasteiger partial charge in [0.2, 0.25) is 0 Å². The predicted molar refractivity (Wildman–Crippen MR) is 73.0 cm³/mol. The minimum Gasteiger partial charge on any atom is -0.481 e. The first-order valence-electron chi connectivity index (χ1n) is 6.44. The van der Waals surface area contributed by atoms with E-state index in [-0.39, 0.29) is 6.42 Å². The number of aromatic amines is 1. The van der Waals surface area contributed by atoms with E-state index in [9.17, 15) is 4.79 Å². The highest BCUT2D eigenvalue weighted by atomic mass is 16.4. The molecular weight excluding hydrogens is 226 g/mol. The van der Waals surface area contributed by atoms with Crippen molar-refractivity contribution < 1.29 is 9.90 Å². The molecule has 2 rings (SSSR count). The van der Waals surface area contributed by atoms with Crippen LogP contribution in [0.5, 0.6) is 0 Å². The highest BCUT2D eigenvalue weighted by Gasteiger charge is 2.10. The minimum atomic E-state index is -0.721. The summed E-state index contributed by atoms with van der Waals surface area (Å²) in [7, 11) is 0. The van der Waals surface area contributed by atoms with Crippen LogP contribution in [-0.4, -0.2) is 16.1 Å². The smallest absolute Gasteiger partial charge is 0.303 e. The molecule has 2 aromatic rings. The summed E-state index contributed by atoms with van der Waals surface area (Å²) in [6, 6.07) is 6.34. The first kappa shape index (κ1) is 12.7. The summed E-state index contributed by atoms with van der Waals surface area (Å²) < 4.78 is 0. The second kappa shape index (κ2) is 5.25. The fraction of sp³-hybridized carbons (Fsp3) is 0.400. The first-order valence-corrected chi connectivity index (χ1v) is 6.44. The summed E-state index contributed by atoms with van der Waals surface area (Å²) in [5.41, 5.74) is 4.96. The van der Waals surface area contributed by atoms with Gasteiger partial charge in [-0.1, -0.05) is 25.1 Å². The van der Waals surface area contributed by atoms with Gasteiger partial charge in [-0.25, -0.2) is 0 Å². The second-order valence-corrected chi connectivity index (χ2v) is 4.67. The standard InChI is InChI=1S/C15H19NO2/c1-3-11-6-4-8-13-12(7-5-9-14(17)18)10(2)16-15(11)13/h4,6,8,16H,3,5,7,9H2,1-2H3,(H,17,18). The summed E-state index contributed by atoms with van der Waals surface area (Å²) in [4.78, 5) is 14.0. The maximum atomic E-state index is 10.6. The topological polar surface area (TPSA) is 53.1 Å². The van der Waals surface area contributed by atoms with Gasteiger partial charge in [0.25, 0.3) is 0 Å². The Morgan fingerprint density at radius 2 is 2.17 bits per heavy atom. The molecule has 0 spiro atoms. The number of carboxylic acid groups (broad SMARTS) is 1. The number of aryl methyl sites for hydroxylation is 3. The molecule has 0 saturated carbocycles. The Balaban J connectivity index is 2.32. The van der Waals surface area contributed by atoms with Crippen LogP contribution >= 0.6 is 0 Å². The Bertz CT molecular complexity index is 569. The average Bonchev–Trinajstić information content (AvgIpc) is 2.65. The van der Waals surface area contributed by atoms with Crippen LogP contribution in [-0.2, 0) is 17.6 Å². The lowest BCUT2D eigenvalue weighted by molar-refractivity contribution is -0.137. The highest BCUT2D eigenvalue weighted by Crippen LogP contribution is 2.26. The zero-order chi connectivity index (χ0) is 13.1. The Kier molecular flexibility index (Phi) is 3.70. The van der Waals surface area contributed by atoms with Crippen molar-refractivity contribution in [2.45, 2.75) is 39.5 Å². The molecule has 1 aromatic heterocycles. The molecule has 2 N–H and O–H groups in total. The number of benzene rings is 1. The lowest BCUT2D eigenvalue weighted by Gasteiger charge is -2.01. The maximum absolute atomic E-state index is 10.6. The molecule has 96 valence electrons. The molecule has 3 nitrogen and oxygen atoms in total. The number of carboxylic acids is 1. The predicted octanol–water partition coefficient (Wildman–Crippen LogP) is 3.45. The lowest BCUT2D eigenvalue weighted by atomic mass is 10.0. The van der Waals surface area contributed by atoms with Crippen molar-refractivity contribution in [3.63, 3.8) is 0 Å². The molecule has 18 heavy (non-hydrogen) atoms. The van der Waals surface area contributed by atoms with Gasteiger partial charge in [-0.15, -0.1) is 0 Å². The van der Waals surface area contributed by atoms with E-state index < -0.39 is 5.97 Å². The van der Waals surface area contributed by atoms with E-state index in [4.69, 9.17) is 5.11 Å². The first-order chi connectivity index (χ1) is 8.63. The Morgan fingerprint density at radius 3 is 2.83 bits per heavy atom. The van der Waals surface area contributed by atoms with Gasteiger partial charge in [0.05, 0.1) is 0 Å². The van der Waals surface area contributed by atoms with Gasteiger partial charge in [0.1, 0.15) is 0 Å². The van der Waals surface area contributed by atoms with Gasteiger partial charge in [0.15, 0.2) is 0 Å². The molecule has 1 heterocycles. The monoisotopic (exact) mass is 245 g/mol. The fourth-order valence-corrected chi connectivity index (χ4v) is 2.50. The number of aliphatic carboxylic acids is 1. The maximum Gasteiger partial charge on any atom is 0.303 e. The quantitative estimate of drug-likeness (QED) is 0.847. The number of aromatic nitrogens is 1. The molecule has 3 heteroatoms. The molecule has 0 amide bonds. The number of hydrogen-bond donors (Lipinski definition) is 2. The van der Waals surface area contributed by atoms with Crippen LogP contribution in [0.4, 0.5) is 0 Å². The number of para-hydroxylation sites is 1. The van der Waals surface area contributed by atoms with E-state index >= 15 is 0 Å². The molecule has 0 unspecified atom stereocenters. The molecule has 0 bridgehead atoms. The fourth-order valence-electron chi connectivity index (χ4n) is 2.50. The third kappa shape index (κ3) is 2.40. The van der Waals surface area contributed by atoms with Crippen molar-refractivity contribution in [1.29, 1.82) is 0 Å². The van der Waals surface area contributed by atoms with E-state index in [2.05, 4.69) is 37.0 Å². The Labute approximate surface area is 107 Å². The highest BCUT2D eigenvalue weighted by molar-refractivity contribution is 5.87. The normalized spacial score (nSPS) is 11.0. The molecule has 0 fully saturated rings. The Hall–Kier alpha value is -1.77. The van der Waals surface area contributed by atoms with Gasteiger partial charge in [0, 0.05) is 23.0 Å². The summed E-state index contributed by atoms with van der Waals surface area (Å²) in [5.74, 6) is -0.721. The molecule has 0 radical (unpaired) electrons. The molecule has 0 aliphatic heterocycles. The molecule has 0 aliphatic rings. The van der Waals surface area contributed by atoms with Crippen LogP contribution in [0.1, 0.15) is 36.6 Å². The van der Waals surface area contributed by atoms with Gasteiger partial charge in [-0.2, -0.15) is 0 Å². The molecular formula is C15H19NO2. The third-order valence-corrected chi connectivity index (χ3v) is 3.44. The Morgan fingerprint density at radius 1 is 1.39 bits per heavy atom. The van der Waals surface area contributed by atoms with Gasteiger partial charge < -0.3 is 10.1 Å². The van der Waals surface area contributed by atoms with Gasteiger partial charge >= 0.3 is 5.97 Å². The number of nitrogens with one attached hydrogen (secondary N) is 1. The average molecular weight is 245 g/mol. The van der Waals surface area contributed by atoms with Crippen LogP contribution in [0.2, 0.25) is 0 Å². The lowest BCUT2D eigenvalue weighted by Crippen LogP contribution is -1.96. The van der Waals surface area contributed by atoms with Gasteiger partial charge in [-0.05, 0) is 37.3 Å². The summed E-state index contributed by atoms with van der Waals surface area (Å²) in [5, 5.41) is 9.95. The van der Waals surface area contributed by atoms with Gasteiger partial charge in [-0.3, -0.25) is 4.79 Å². The zero-order valence-electron chi connectivity index (χ0n) is 10.9. The third-order valence-electron chi connectivity index (χ3n) is 3.44. The van der Waals surface area contributed by atoms with E-state index in [1.165, 1.54) is 22.0 Å². The molecule has 0 saturated heterocycles. The van der Waals surface area contributed by atoms with Crippen LogP contribution in [0, 0.1) is 6.92 Å². The van der Waals surface area contributed by atoms with Crippen LogP contribution < -0.4 is 0 Å². The molecule has 1 aromatic carbocycles. The summed E-state index contributed by atoms with van der Waals surface area (Å²) in [6.07, 6.45) is 2.76. The molecule has 0 atom stereocenters. The number of carbonyl (C=O) groups is 1. The van der Waals surface area contributed by atoms with Crippen molar-refractivity contribution in [3.8, 4) is 0 Å².